The zero-order valence-corrected chi connectivity index (χ0v) is 23.2. The average Bonchev–Trinajstić information content (AvgIpc) is 3.35. The quantitative estimate of drug-likeness (QED) is 0.258. The van der Waals surface area contributed by atoms with Gasteiger partial charge in [-0.2, -0.15) is 0 Å². The molecule has 3 N–H and O–H groups in total. The van der Waals surface area contributed by atoms with E-state index in [1.54, 1.807) is 6.20 Å². The number of hydrogen-bond acceptors (Lipinski definition) is 7. The number of carbonyl (C=O) groups is 2. The predicted octanol–water partition coefficient (Wildman–Crippen LogP) is 5.65. The molecule has 42 heavy (non-hydrogen) atoms. The van der Waals surface area contributed by atoms with Crippen LogP contribution in [0.5, 0.6) is 0 Å². The van der Waals surface area contributed by atoms with Crippen molar-refractivity contribution in [3.05, 3.63) is 85.1 Å². The number of fused-ring (bicyclic) bond motifs is 1. The van der Waals surface area contributed by atoms with Crippen LogP contribution in [0.1, 0.15) is 25.7 Å². The molecular weight excluding hydrogens is 528 g/mol. The largest absolute Gasteiger partial charge is 0.469 e. The molecule has 9 nitrogen and oxygen atoms in total. The lowest BCUT2D eigenvalue weighted by Gasteiger charge is -2.56. The zero-order chi connectivity index (χ0) is 28.8. The number of pyridine rings is 2. The predicted molar refractivity (Wildman–Crippen MR) is 160 cm³/mol. The molecule has 2 fully saturated rings. The van der Waals surface area contributed by atoms with Crippen molar-refractivity contribution < 1.29 is 14.3 Å². The van der Waals surface area contributed by atoms with Crippen LogP contribution < -0.4 is 11.1 Å². The molecule has 2 aliphatic rings. The summed E-state index contributed by atoms with van der Waals surface area (Å²) in [5, 5.41) is 3.07. The summed E-state index contributed by atoms with van der Waals surface area (Å²) in [6, 6.07) is 25.3. The second-order valence-corrected chi connectivity index (χ2v) is 11.4. The lowest BCUT2D eigenvalue weighted by molar-refractivity contribution is -0.163. The normalized spacial score (nSPS) is 21.0. The molecule has 9 heteroatoms. The second kappa shape index (κ2) is 10.1. The van der Waals surface area contributed by atoms with Gasteiger partial charge in [0, 0.05) is 29.1 Å². The molecular formula is C33H30N6O3. The molecule has 0 radical (unpaired) electrons. The van der Waals surface area contributed by atoms with Gasteiger partial charge in [0.05, 0.1) is 24.3 Å². The maximum atomic E-state index is 13.0. The highest BCUT2D eigenvalue weighted by Gasteiger charge is 2.56. The summed E-state index contributed by atoms with van der Waals surface area (Å²) in [4.78, 5) is 38.9. The van der Waals surface area contributed by atoms with Gasteiger partial charge in [-0.15, -0.1) is 0 Å². The van der Waals surface area contributed by atoms with E-state index < -0.39 is 0 Å². The third-order valence-corrected chi connectivity index (χ3v) is 8.67. The van der Waals surface area contributed by atoms with E-state index >= 15 is 0 Å². The molecule has 3 aromatic heterocycles. The molecule has 3 heterocycles. The monoisotopic (exact) mass is 558 g/mol. The highest BCUT2D eigenvalue weighted by molar-refractivity contribution is 5.93. The molecule has 0 aliphatic heterocycles. The number of amides is 1. The fraction of sp³-hybridized carbons (Fsp3) is 0.242. The van der Waals surface area contributed by atoms with E-state index in [2.05, 4.69) is 10.3 Å². The lowest BCUT2D eigenvalue weighted by Crippen LogP contribution is -2.52. The van der Waals surface area contributed by atoms with Crippen molar-refractivity contribution in [2.24, 2.45) is 17.3 Å². The van der Waals surface area contributed by atoms with Gasteiger partial charge in [0.15, 0.2) is 11.5 Å². The van der Waals surface area contributed by atoms with E-state index in [1.165, 1.54) is 7.11 Å². The molecule has 0 bridgehead atoms. The minimum absolute atomic E-state index is 0.0148. The number of rotatable bonds is 6. The summed E-state index contributed by atoms with van der Waals surface area (Å²) < 4.78 is 6.83. The summed E-state index contributed by atoms with van der Waals surface area (Å²) in [6.07, 6.45) is 4.93. The van der Waals surface area contributed by atoms with Crippen LogP contribution in [0.4, 0.5) is 11.5 Å². The first-order chi connectivity index (χ1) is 20.4. The number of imidazole rings is 1. The number of carbonyl (C=O) groups excluding carboxylic acids is 2. The molecule has 2 saturated carbocycles. The van der Waals surface area contributed by atoms with Gasteiger partial charge in [-0.25, -0.2) is 15.0 Å². The number of hydrogen-bond donors (Lipinski definition) is 2. The number of ether oxygens (including phenoxy) is 1. The number of anilines is 2. The van der Waals surface area contributed by atoms with Crippen LogP contribution in [0.3, 0.4) is 0 Å². The van der Waals surface area contributed by atoms with Crippen LogP contribution in [-0.2, 0) is 14.3 Å². The fourth-order valence-electron chi connectivity index (χ4n) is 6.52. The number of aromatic nitrogens is 4. The first-order valence-electron chi connectivity index (χ1n) is 14.1. The van der Waals surface area contributed by atoms with Crippen LogP contribution in [0.2, 0.25) is 0 Å². The smallest absolute Gasteiger partial charge is 0.308 e. The SMILES string of the molecule is COC(=O)C1CC2(CC(C(=O)Nc3ccc(-n4c(-c5cccnc5N)nc5ccc(-c6ccccc6)nc54)cc3)C2)C1. The van der Waals surface area contributed by atoms with Crippen molar-refractivity contribution in [3.63, 3.8) is 0 Å². The molecule has 7 rings (SSSR count). The maximum absolute atomic E-state index is 13.0. The average molecular weight is 559 g/mol. The Morgan fingerprint density at radius 3 is 2.36 bits per heavy atom. The first kappa shape index (κ1) is 25.9. The van der Waals surface area contributed by atoms with E-state index in [9.17, 15) is 9.59 Å². The Hall–Kier alpha value is -5.05. The van der Waals surface area contributed by atoms with Gasteiger partial charge in [0.1, 0.15) is 11.3 Å². The van der Waals surface area contributed by atoms with Gasteiger partial charge in [0.25, 0.3) is 0 Å². The number of methoxy groups -OCH3 is 1. The molecule has 0 atom stereocenters. The van der Waals surface area contributed by atoms with E-state index in [-0.39, 0.29) is 29.1 Å². The van der Waals surface area contributed by atoms with Crippen LogP contribution >= 0.6 is 0 Å². The maximum Gasteiger partial charge on any atom is 0.308 e. The van der Waals surface area contributed by atoms with Gasteiger partial charge in [0.2, 0.25) is 5.91 Å². The molecule has 1 spiro atoms. The molecule has 5 aromatic rings. The van der Waals surface area contributed by atoms with Gasteiger partial charge >= 0.3 is 5.97 Å². The van der Waals surface area contributed by atoms with E-state index in [0.717, 1.165) is 53.8 Å². The van der Waals surface area contributed by atoms with Gasteiger partial charge < -0.3 is 15.8 Å². The van der Waals surface area contributed by atoms with Gasteiger partial charge in [-0.1, -0.05) is 30.3 Å². The molecule has 0 unspecified atom stereocenters. The molecule has 2 aromatic carbocycles. The summed E-state index contributed by atoms with van der Waals surface area (Å²) in [5.74, 6) is 0.832. The number of nitrogen functional groups attached to an aromatic ring is 1. The Balaban J connectivity index is 1.16. The topological polar surface area (TPSA) is 125 Å². The number of nitrogens with two attached hydrogens (primary N) is 1. The van der Waals surface area contributed by atoms with Crippen molar-refractivity contribution in [3.8, 4) is 28.3 Å². The van der Waals surface area contributed by atoms with Crippen molar-refractivity contribution in [2.45, 2.75) is 25.7 Å². The number of nitrogens with zero attached hydrogens (tertiary/aromatic N) is 4. The van der Waals surface area contributed by atoms with Crippen LogP contribution in [0.25, 0.3) is 39.5 Å². The minimum atomic E-state index is -0.139. The third-order valence-electron chi connectivity index (χ3n) is 8.67. The highest BCUT2D eigenvalue weighted by Crippen LogP contribution is 2.61. The number of esters is 1. The van der Waals surface area contributed by atoms with Crippen molar-refractivity contribution in [2.75, 3.05) is 18.2 Å². The first-order valence-corrected chi connectivity index (χ1v) is 14.1. The van der Waals surface area contributed by atoms with Crippen molar-refractivity contribution in [1.29, 1.82) is 0 Å². The van der Waals surface area contributed by atoms with Crippen molar-refractivity contribution >= 4 is 34.5 Å². The van der Waals surface area contributed by atoms with E-state index in [1.807, 2.05) is 83.4 Å². The van der Waals surface area contributed by atoms with Crippen molar-refractivity contribution in [1.82, 2.24) is 19.5 Å². The van der Waals surface area contributed by atoms with Crippen LogP contribution in [0, 0.1) is 17.3 Å². The third kappa shape index (κ3) is 4.47. The Morgan fingerprint density at radius 1 is 0.905 bits per heavy atom. The summed E-state index contributed by atoms with van der Waals surface area (Å²) in [6.45, 7) is 0. The Bertz CT molecular complexity index is 1800. The highest BCUT2D eigenvalue weighted by atomic mass is 16.5. The van der Waals surface area contributed by atoms with E-state index in [4.69, 9.17) is 20.4 Å². The van der Waals surface area contributed by atoms with E-state index in [0.29, 0.717) is 22.9 Å². The molecule has 210 valence electrons. The van der Waals surface area contributed by atoms with Crippen LogP contribution in [0.15, 0.2) is 85.1 Å². The summed E-state index contributed by atoms with van der Waals surface area (Å²) in [5.41, 5.74) is 11.9. The summed E-state index contributed by atoms with van der Waals surface area (Å²) >= 11 is 0. The lowest BCUT2D eigenvalue weighted by atomic mass is 9.48. The Labute approximate surface area is 242 Å². The van der Waals surface area contributed by atoms with Gasteiger partial charge in [-0.05, 0) is 79.6 Å². The zero-order valence-electron chi connectivity index (χ0n) is 23.2. The fourth-order valence-corrected chi connectivity index (χ4v) is 6.52. The number of nitrogens with one attached hydrogen (secondary N) is 1. The summed E-state index contributed by atoms with van der Waals surface area (Å²) in [7, 11) is 1.43. The van der Waals surface area contributed by atoms with Crippen LogP contribution in [-0.4, -0.2) is 38.5 Å². The number of benzene rings is 2. The standard InChI is InChI=1S/C33H30N6O3/c1-42-32(41)22-18-33(19-22)16-21(17-33)31(40)36-23-9-11-24(12-10-23)39-29(25-8-5-15-35-28(25)34)38-27-14-13-26(37-30(27)39)20-6-3-2-4-7-20/h2-15,21-22H,16-19H2,1H3,(H2,34,35)(H,36,40). The molecule has 0 saturated heterocycles. The minimum Gasteiger partial charge on any atom is -0.469 e. The second-order valence-electron chi connectivity index (χ2n) is 11.4. The van der Waals surface area contributed by atoms with Gasteiger partial charge in [-0.3, -0.25) is 14.2 Å². The Kier molecular flexibility index (Phi) is 6.22. The molecule has 1 amide bonds. The Morgan fingerprint density at radius 2 is 1.64 bits per heavy atom. The molecule has 2 aliphatic carbocycles.